The van der Waals surface area contributed by atoms with Crippen LogP contribution >= 0.6 is 0 Å². The highest BCUT2D eigenvalue weighted by atomic mass is 16.5. The molecule has 0 aliphatic rings. The molecule has 0 saturated carbocycles. The quantitative estimate of drug-likeness (QED) is 0.357. The second-order valence-electron chi connectivity index (χ2n) is 7.61. The summed E-state index contributed by atoms with van der Waals surface area (Å²) in [6.07, 6.45) is 0. The lowest BCUT2D eigenvalue weighted by atomic mass is 9.98. The molecule has 3 aromatic rings. The van der Waals surface area contributed by atoms with Gasteiger partial charge >= 0.3 is 5.97 Å². The molecule has 0 fully saturated rings. The van der Waals surface area contributed by atoms with Crippen LogP contribution in [0.4, 0.5) is 0 Å². The third-order valence-electron chi connectivity index (χ3n) is 4.93. The minimum atomic E-state index is -0.995. The molecule has 0 radical (unpaired) electrons. The Morgan fingerprint density at radius 1 is 0.933 bits per heavy atom. The van der Waals surface area contributed by atoms with Gasteiger partial charge in [-0.2, -0.15) is 0 Å². The van der Waals surface area contributed by atoms with Crippen LogP contribution in [-0.2, 0) is 18.0 Å². The van der Waals surface area contributed by atoms with Crippen LogP contribution in [0.5, 0.6) is 0 Å². The molecule has 3 rings (SSSR count). The first-order valence-electron chi connectivity index (χ1n) is 9.82. The molecular weight excluding hydrogens is 376 g/mol. The van der Waals surface area contributed by atoms with Crippen LogP contribution < -0.4 is 5.73 Å². The first-order valence-corrected chi connectivity index (χ1v) is 9.82. The minimum absolute atomic E-state index is 0.0294. The Kier molecular flexibility index (Phi) is 6.65. The van der Waals surface area contributed by atoms with Crippen LogP contribution in [0.1, 0.15) is 52.4 Å². The summed E-state index contributed by atoms with van der Waals surface area (Å²) < 4.78 is 5.85. The fourth-order valence-corrected chi connectivity index (χ4v) is 3.22. The molecule has 0 saturated heterocycles. The van der Waals surface area contributed by atoms with E-state index in [9.17, 15) is 9.90 Å². The second kappa shape index (κ2) is 9.37. The van der Waals surface area contributed by atoms with Crippen molar-refractivity contribution in [3.63, 3.8) is 0 Å². The highest BCUT2D eigenvalue weighted by Crippen LogP contribution is 2.24. The standard InChI is InChI=1S/C25H26N2O3/c1-16(2)19-8-6-17(7-9-19)14-30-15-18-10-22(13-23(11-18)25(28)29)20-4-3-5-21(12-20)24(26)27/h3-13,16H,14-15H2,1-2H3,(H3,26,27)(H,28,29). The minimum Gasteiger partial charge on any atom is -0.478 e. The number of ether oxygens (including phenoxy) is 1. The van der Waals surface area contributed by atoms with Crippen LogP contribution in [-0.4, -0.2) is 16.9 Å². The molecule has 5 nitrogen and oxygen atoms in total. The first-order chi connectivity index (χ1) is 14.3. The zero-order chi connectivity index (χ0) is 21.7. The van der Waals surface area contributed by atoms with E-state index in [1.165, 1.54) is 5.56 Å². The van der Waals surface area contributed by atoms with E-state index in [2.05, 4.69) is 38.1 Å². The van der Waals surface area contributed by atoms with Crippen molar-refractivity contribution in [2.45, 2.75) is 33.0 Å². The van der Waals surface area contributed by atoms with Crippen LogP contribution in [0.3, 0.4) is 0 Å². The molecule has 0 heterocycles. The van der Waals surface area contributed by atoms with E-state index >= 15 is 0 Å². The van der Waals surface area contributed by atoms with Crippen LogP contribution in [0, 0.1) is 5.41 Å². The molecule has 0 amide bonds. The largest absolute Gasteiger partial charge is 0.478 e. The summed E-state index contributed by atoms with van der Waals surface area (Å²) in [7, 11) is 0. The summed E-state index contributed by atoms with van der Waals surface area (Å²) in [6, 6.07) is 20.7. The highest BCUT2D eigenvalue weighted by Gasteiger charge is 2.10. The van der Waals surface area contributed by atoms with E-state index in [0.717, 1.165) is 22.3 Å². The predicted octanol–water partition coefficient (Wildman–Crippen LogP) is 5.18. The molecule has 30 heavy (non-hydrogen) atoms. The third kappa shape index (κ3) is 5.33. The normalized spacial score (nSPS) is 10.9. The van der Waals surface area contributed by atoms with Crippen LogP contribution in [0.15, 0.2) is 66.7 Å². The molecular formula is C25H26N2O3. The average molecular weight is 402 g/mol. The monoisotopic (exact) mass is 402 g/mol. The van der Waals surface area contributed by atoms with Crippen LogP contribution in [0.25, 0.3) is 11.1 Å². The summed E-state index contributed by atoms with van der Waals surface area (Å²) in [5.41, 5.74) is 11.1. The number of hydrogen-bond donors (Lipinski definition) is 3. The Balaban J connectivity index is 1.78. The molecule has 0 aliphatic carbocycles. The maximum Gasteiger partial charge on any atom is 0.335 e. The average Bonchev–Trinajstić information content (AvgIpc) is 2.74. The summed E-state index contributed by atoms with van der Waals surface area (Å²) in [5.74, 6) is -0.540. The number of nitrogens with two attached hydrogens (primary N) is 1. The number of rotatable bonds is 8. The summed E-state index contributed by atoms with van der Waals surface area (Å²) >= 11 is 0. The number of amidine groups is 1. The van der Waals surface area contributed by atoms with E-state index in [0.29, 0.717) is 24.7 Å². The summed E-state index contributed by atoms with van der Waals surface area (Å²) in [5, 5.41) is 17.1. The van der Waals surface area contributed by atoms with Crippen molar-refractivity contribution in [3.8, 4) is 11.1 Å². The fraction of sp³-hybridized carbons (Fsp3) is 0.200. The van der Waals surface area contributed by atoms with Gasteiger partial charge in [-0.05, 0) is 58.0 Å². The van der Waals surface area contributed by atoms with Gasteiger partial charge in [-0.3, -0.25) is 5.41 Å². The lowest BCUT2D eigenvalue weighted by molar-refractivity contribution is 0.0696. The first kappa shape index (κ1) is 21.3. The lowest BCUT2D eigenvalue weighted by Crippen LogP contribution is -2.10. The smallest absolute Gasteiger partial charge is 0.335 e. The van der Waals surface area contributed by atoms with Gasteiger partial charge in [0.25, 0.3) is 0 Å². The maximum atomic E-state index is 11.6. The maximum absolute atomic E-state index is 11.6. The Bertz CT molecular complexity index is 1060. The number of carboxylic acid groups (broad SMARTS) is 1. The van der Waals surface area contributed by atoms with Gasteiger partial charge in [0.1, 0.15) is 5.84 Å². The molecule has 4 N–H and O–H groups in total. The summed E-state index contributed by atoms with van der Waals surface area (Å²) in [4.78, 5) is 11.6. The second-order valence-corrected chi connectivity index (χ2v) is 7.61. The van der Waals surface area contributed by atoms with Gasteiger partial charge in [0.15, 0.2) is 0 Å². The number of carbonyl (C=O) groups is 1. The molecule has 0 atom stereocenters. The van der Waals surface area contributed by atoms with Crippen LogP contribution in [0.2, 0.25) is 0 Å². The zero-order valence-corrected chi connectivity index (χ0v) is 17.2. The molecule has 154 valence electrons. The highest BCUT2D eigenvalue weighted by molar-refractivity contribution is 5.96. The molecule has 0 aliphatic heterocycles. The summed E-state index contributed by atoms with van der Waals surface area (Å²) in [6.45, 7) is 5.06. The van der Waals surface area contributed by atoms with Crippen molar-refractivity contribution >= 4 is 11.8 Å². The fourth-order valence-electron chi connectivity index (χ4n) is 3.22. The predicted molar refractivity (Wildman–Crippen MR) is 119 cm³/mol. The Labute approximate surface area is 176 Å². The van der Waals surface area contributed by atoms with Crippen molar-refractivity contribution < 1.29 is 14.6 Å². The molecule has 0 spiro atoms. The zero-order valence-electron chi connectivity index (χ0n) is 17.2. The molecule has 0 bridgehead atoms. The third-order valence-corrected chi connectivity index (χ3v) is 4.93. The van der Waals surface area contributed by atoms with Crippen molar-refractivity contribution in [2.75, 3.05) is 0 Å². The number of nitrogen functional groups attached to an aromatic ring is 1. The number of nitrogens with one attached hydrogen (secondary N) is 1. The Hall–Kier alpha value is -3.44. The molecule has 0 unspecified atom stereocenters. The van der Waals surface area contributed by atoms with Gasteiger partial charge in [-0.1, -0.05) is 56.3 Å². The number of hydrogen-bond acceptors (Lipinski definition) is 3. The number of benzene rings is 3. The van der Waals surface area contributed by atoms with E-state index < -0.39 is 5.97 Å². The van der Waals surface area contributed by atoms with Crippen molar-refractivity contribution in [3.05, 3.63) is 94.5 Å². The van der Waals surface area contributed by atoms with Crippen molar-refractivity contribution in [2.24, 2.45) is 5.73 Å². The van der Waals surface area contributed by atoms with Gasteiger partial charge < -0.3 is 15.6 Å². The number of carboxylic acids is 1. The Morgan fingerprint density at radius 2 is 1.60 bits per heavy atom. The van der Waals surface area contributed by atoms with Crippen molar-refractivity contribution in [1.82, 2.24) is 0 Å². The van der Waals surface area contributed by atoms with E-state index in [1.54, 1.807) is 30.3 Å². The molecule has 0 aromatic heterocycles. The Morgan fingerprint density at radius 3 is 2.23 bits per heavy atom. The van der Waals surface area contributed by atoms with E-state index in [1.807, 2.05) is 12.1 Å². The lowest BCUT2D eigenvalue weighted by Gasteiger charge is -2.11. The van der Waals surface area contributed by atoms with Gasteiger partial charge in [0.05, 0.1) is 18.8 Å². The molecule has 5 heteroatoms. The van der Waals surface area contributed by atoms with Crippen molar-refractivity contribution in [1.29, 1.82) is 5.41 Å². The van der Waals surface area contributed by atoms with E-state index in [4.69, 9.17) is 15.9 Å². The van der Waals surface area contributed by atoms with Gasteiger partial charge in [0.2, 0.25) is 0 Å². The molecule has 3 aromatic carbocycles. The SMILES string of the molecule is CC(C)c1ccc(COCc2cc(C(=O)O)cc(-c3cccc(C(=N)N)c3)c2)cc1. The van der Waals surface area contributed by atoms with Gasteiger partial charge in [-0.25, -0.2) is 4.79 Å². The topological polar surface area (TPSA) is 96.4 Å². The number of aromatic carboxylic acids is 1. The van der Waals surface area contributed by atoms with Gasteiger partial charge in [0, 0.05) is 5.56 Å². The van der Waals surface area contributed by atoms with E-state index in [-0.39, 0.29) is 11.4 Å². The van der Waals surface area contributed by atoms with Gasteiger partial charge in [-0.15, -0.1) is 0 Å².